The van der Waals surface area contributed by atoms with E-state index >= 15 is 0 Å². The molecule has 1 atom stereocenters. The number of halogens is 1. The number of nitrogens with one attached hydrogen (secondary N) is 1. The van der Waals surface area contributed by atoms with Crippen LogP contribution in [-0.4, -0.2) is 10.9 Å². The van der Waals surface area contributed by atoms with Crippen LogP contribution in [-0.2, 0) is 4.79 Å². The molecule has 0 radical (unpaired) electrons. The fourth-order valence-corrected chi connectivity index (χ4v) is 4.55. The number of pyridine rings is 1. The van der Waals surface area contributed by atoms with Crippen LogP contribution >= 0.6 is 11.3 Å². The Bertz CT molecular complexity index is 1080. The number of amides is 1. The van der Waals surface area contributed by atoms with Crippen LogP contribution in [0.4, 0.5) is 15.2 Å². The lowest BCUT2D eigenvalue weighted by molar-refractivity contribution is -0.116. The van der Waals surface area contributed by atoms with Crippen LogP contribution < -0.4 is 11.1 Å². The van der Waals surface area contributed by atoms with Gasteiger partial charge in [0.1, 0.15) is 22.7 Å². The minimum atomic E-state index is -0.432. The van der Waals surface area contributed by atoms with Crippen LogP contribution in [0.15, 0.2) is 24.3 Å². The van der Waals surface area contributed by atoms with Crippen LogP contribution in [0.3, 0.4) is 0 Å². The van der Waals surface area contributed by atoms with Gasteiger partial charge in [0, 0.05) is 17.9 Å². The number of rotatable bonds is 1. The molecule has 2 aromatic heterocycles. The van der Waals surface area contributed by atoms with Gasteiger partial charge in [0.15, 0.2) is 0 Å². The summed E-state index contributed by atoms with van der Waals surface area (Å²) in [6, 6.07) is 8.51. The SMILES string of the molecule is Cc1c(C#N)c(N)nc2c3c(sc12)NC(=O)C[C@@H]3c1ccccc1F. The maximum atomic E-state index is 14.4. The molecule has 3 heterocycles. The largest absolute Gasteiger partial charge is 0.383 e. The lowest BCUT2D eigenvalue weighted by Gasteiger charge is -2.23. The zero-order chi connectivity index (χ0) is 17.7. The van der Waals surface area contributed by atoms with Crippen molar-refractivity contribution in [3.8, 4) is 6.07 Å². The maximum absolute atomic E-state index is 14.4. The van der Waals surface area contributed by atoms with Crippen molar-refractivity contribution in [1.82, 2.24) is 4.98 Å². The number of nitriles is 1. The number of carbonyl (C=O) groups excluding carboxylic acids is 1. The molecule has 1 amide bonds. The first kappa shape index (κ1) is 15.5. The van der Waals surface area contributed by atoms with E-state index < -0.39 is 5.92 Å². The number of nitrogens with zero attached hydrogens (tertiary/aromatic N) is 2. The molecule has 0 aliphatic carbocycles. The summed E-state index contributed by atoms with van der Waals surface area (Å²) >= 11 is 1.35. The fourth-order valence-electron chi connectivity index (χ4n) is 3.33. The molecule has 1 aliphatic heterocycles. The highest BCUT2D eigenvalue weighted by molar-refractivity contribution is 7.23. The fraction of sp³-hybridized carbons (Fsp3) is 0.167. The molecule has 5 nitrogen and oxygen atoms in total. The second kappa shape index (κ2) is 5.53. The smallest absolute Gasteiger partial charge is 0.225 e. The lowest BCUT2D eigenvalue weighted by Crippen LogP contribution is -2.23. The van der Waals surface area contributed by atoms with E-state index in [1.807, 2.05) is 0 Å². The van der Waals surface area contributed by atoms with Gasteiger partial charge in [-0.3, -0.25) is 4.79 Å². The number of aromatic nitrogens is 1. The summed E-state index contributed by atoms with van der Waals surface area (Å²) in [5.74, 6) is -0.806. The Kier molecular flexibility index (Phi) is 3.44. The minimum Gasteiger partial charge on any atom is -0.383 e. The van der Waals surface area contributed by atoms with Gasteiger partial charge in [-0.15, -0.1) is 11.3 Å². The van der Waals surface area contributed by atoms with Gasteiger partial charge < -0.3 is 11.1 Å². The molecule has 4 rings (SSSR count). The topological polar surface area (TPSA) is 91.8 Å². The molecule has 0 saturated carbocycles. The first-order valence-electron chi connectivity index (χ1n) is 7.68. The molecule has 7 heteroatoms. The molecule has 124 valence electrons. The van der Waals surface area contributed by atoms with Crippen molar-refractivity contribution in [2.75, 3.05) is 11.1 Å². The van der Waals surface area contributed by atoms with Gasteiger partial charge in [0.05, 0.1) is 15.8 Å². The third kappa shape index (κ3) is 2.26. The van der Waals surface area contributed by atoms with E-state index in [2.05, 4.69) is 16.4 Å². The highest BCUT2D eigenvalue weighted by Crippen LogP contribution is 2.48. The van der Waals surface area contributed by atoms with E-state index in [4.69, 9.17) is 5.73 Å². The third-order valence-electron chi connectivity index (χ3n) is 4.51. The van der Waals surface area contributed by atoms with Crippen molar-refractivity contribution in [1.29, 1.82) is 5.26 Å². The van der Waals surface area contributed by atoms with E-state index in [0.717, 1.165) is 15.8 Å². The zero-order valence-corrected chi connectivity index (χ0v) is 14.1. The molecule has 3 aromatic rings. The monoisotopic (exact) mass is 352 g/mol. The third-order valence-corrected chi connectivity index (χ3v) is 5.74. The van der Waals surface area contributed by atoms with Crippen molar-refractivity contribution in [2.24, 2.45) is 0 Å². The van der Waals surface area contributed by atoms with Crippen LogP contribution in [0, 0.1) is 24.1 Å². The second-order valence-electron chi connectivity index (χ2n) is 5.96. The van der Waals surface area contributed by atoms with Gasteiger partial charge in [-0.2, -0.15) is 5.26 Å². The molecule has 0 fully saturated rings. The predicted molar refractivity (Wildman–Crippen MR) is 95.0 cm³/mol. The first-order valence-corrected chi connectivity index (χ1v) is 8.49. The number of thiophene rings is 1. The number of nitrogens with two attached hydrogens (primary N) is 1. The average Bonchev–Trinajstić information content (AvgIpc) is 2.93. The molecular formula is C18H13FN4OS. The molecule has 0 saturated heterocycles. The van der Waals surface area contributed by atoms with E-state index in [1.54, 1.807) is 25.1 Å². The van der Waals surface area contributed by atoms with Gasteiger partial charge in [-0.1, -0.05) is 18.2 Å². The molecule has 0 unspecified atom stereocenters. The van der Waals surface area contributed by atoms with Crippen LogP contribution in [0.5, 0.6) is 0 Å². The molecular weight excluding hydrogens is 339 g/mol. The molecule has 1 aromatic carbocycles. The van der Waals surface area contributed by atoms with Gasteiger partial charge in [-0.05, 0) is 24.1 Å². The average molecular weight is 352 g/mol. The Morgan fingerprint density at radius 2 is 2.20 bits per heavy atom. The van der Waals surface area contributed by atoms with Gasteiger partial charge >= 0.3 is 0 Å². The summed E-state index contributed by atoms with van der Waals surface area (Å²) < 4.78 is 15.2. The molecule has 1 aliphatic rings. The molecule has 0 bridgehead atoms. The van der Waals surface area contributed by atoms with Crippen molar-refractivity contribution in [3.05, 3.63) is 52.3 Å². The highest BCUT2D eigenvalue weighted by atomic mass is 32.1. The Morgan fingerprint density at radius 3 is 2.92 bits per heavy atom. The Hall–Kier alpha value is -2.98. The zero-order valence-electron chi connectivity index (χ0n) is 13.3. The summed E-state index contributed by atoms with van der Waals surface area (Å²) in [6.07, 6.45) is 0.139. The van der Waals surface area contributed by atoms with Crippen LogP contribution in [0.2, 0.25) is 0 Å². The van der Waals surface area contributed by atoms with Gasteiger partial charge in [0.25, 0.3) is 0 Å². The standard InChI is InChI=1S/C18H13FN4OS/c1-8-11(7-20)17(21)23-15-14-10(9-4-2-3-5-12(9)19)6-13(24)22-18(14)25-16(8)15/h2-5,10H,6H2,1H3,(H2,21,23)(H,22,24)/t10-/m1/s1. The van der Waals surface area contributed by atoms with E-state index in [0.29, 0.717) is 21.6 Å². The summed E-state index contributed by atoms with van der Waals surface area (Å²) in [5, 5.41) is 12.8. The number of fused-ring (bicyclic) bond motifs is 3. The summed E-state index contributed by atoms with van der Waals surface area (Å²) in [6.45, 7) is 1.81. The Labute approximate surface area is 146 Å². The first-order chi connectivity index (χ1) is 12.0. The number of hydrogen-bond donors (Lipinski definition) is 2. The van der Waals surface area contributed by atoms with Crippen molar-refractivity contribution in [2.45, 2.75) is 19.3 Å². The molecule has 0 spiro atoms. The van der Waals surface area contributed by atoms with Crippen molar-refractivity contribution in [3.63, 3.8) is 0 Å². The number of benzene rings is 1. The Balaban J connectivity index is 2.05. The highest BCUT2D eigenvalue weighted by Gasteiger charge is 2.33. The van der Waals surface area contributed by atoms with Gasteiger partial charge in [0.2, 0.25) is 5.91 Å². The predicted octanol–water partition coefficient (Wildman–Crippen LogP) is 3.67. The summed E-state index contributed by atoms with van der Waals surface area (Å²) in [4.78, 5) is 16.6. The normalized spacial score (nSPS) is 16.4. The van der Waals surface area contributed by atoms with Crippen LogP contribution in [0.1, 0.15) is 34.6 Å². The second-order valence-corrected chi connectivity index (χ2v) is 6.98. The maximum Gasteiger partial charge on any atom is 0.225 e. The van der Waals surface area contributed by atoms with Crippen molar-refractivity contribution >= 4 is 38.3 Å². The quantitative estimate of drug-likeness (QED) is 0.699. The van der Waals surface area contributed by atoms with Crippen molar-refractivity contribution < 1.29 is 9.18 Å². The molecule has 3 N–H and O–H groups in total. The molecule has 25 heavy (non-hydrogen) atoms. The van der Waals surface area contributed by atoms with E-state index in [-0.39, 0.29) is 24.0 Å². The van der Waals surface area contributed by atoms with Crippen LogP contribution in [0.25, 0.3) is 10.2 Å². The van der Waals surface area contributed by atoms with E-state index in [1.165, 1.54) is 17.4 Å². The summed E-state index contributed by atoms with van der Waals surface area (Å²) in [7, 11) is 0. The minimum absolute atomic E-state index is 0.139. The number of carbonyl (C=O) groups is 1. The number of nitrogen functional groups attached to an aromatic ring is 1. The summed E-state index contributed by atoms with van der Waals surface area (Å²) in [5.41, 5.74) is 8.86. The Morgan fingerprint density at radius 1 is 1.44 bits per heavy atom. The lowest BCUT2D eigenvalue weighted by atomic mass is 9.86. The number of hydrogen-bond acceptors (Lipinski definition) is 5. The van der Waals surface area contributed by atoms with Gasteiger partial charge in [-0.25, -0.2) is 9.37 Å². The van der Waals surface area contributed by atoms with E-state index in [9.17, 15) is 14.4 Å². The number of aryl methyl sites for hydroxylation is 1. The number of anilines is 2.